The Kier molecular flexibility index (Phi) is 46.6. The van der Waals surface area contributed by atoms with Crippen molar-refractivity contribution in [3.8, 4) is 0 Å². The van der Waals surface area contributed by atoms with E-state index in [1.807, 2.05) is 6.08 Å². The average molecular weight is 859 g/mol. The number of carbonyl (C=O) groups is 3. The molecule has 1 unspecified atom stereocenters. The van der Waals surface area contributed by atoms with Crippen LogP contribution in [0.3, 0.4) is 0 Å². The van der Waals surface area contributed by atoms with Crippen LogP contribution in [0.1, 0.15) is 207 Å². The number of ether oxygens (including phenoxy) is 3. The van der Waals surface area contributed by atoms with Crippen LogP contribution in [0, 0.1) is 0 Å². The first-order chi connectivity index (χ1) is 30.5. The molecule has 6 heteroatoms. The van der Waals surface area contributed by atoms with E-state index in [4.69, 9.17) is 14.2 Å². The minimum absolute atomic E-state index is 0.117. The molecule has 0 bridgehead atoms. The predicted octanol–water partition coefficient (Wildman–Crippen LogP) is 16.4. The zero-order valence-electron chi connectivity index (χ0n) is 39.8. The van der Waals surface area contributed by atoms with E-state index >= 15 is 0 Å². The van der Waals surface area contributed by atoms with Gasteiger partial charge >= 0.3 is 17.9 Å². The summed E-state index contributed by atoms with van der Waals surface area (Å²) in [5.41, 5.74) is 0. The van der Waals surface area contributed by atoms with Crippen LogP contribution in [0.15, 0.2) is 109 Å². The van der Waals surface area contributed by atoms with Crippen LogP contribution in [-0.2, 0) is 28.6 Å². The van der Waals surface area contributed by atoms with Crippen molar-refractivity contribution in [2.24, 2.45) is 0 Å². The van der Waals surface area contributed by atoms with E-state index in [2.05, 4.69) is 118 Å². The molecule has 62 heavy (non-hydrogen) atoms. The van der Waals surface area contributed by atoms with Crippen LogP contribution in [0.4, 0.5) is 0 Å². The first-order valence-corrected chi connectivity index (χ1v) is 24.9. The normalized spacial score (nSPS) is 13.0. The minimum atomic E-state index is -0.849. The molecule has 350 valence electrons. The summed E-state index contributed by atoms with van der Waals surface area (Å²) in [6, 6.07) is 0. The predicted molar refractivity (Wildman–Crippen MR) is 265 cm³/mol. The Morgan fingerprint density at radius 3 is 1.31 bits per heavy atom. The van der Waals surface area contributed by atoms with Crippen molar-refractivity contribution in [2.45, 2.75) is 213 Å². The second-order valence-electron chi connectivity index (χ2n) is 16.1. The smallest absolute Gasteiger partial charge is 0.309 e. The Labute approximate surface area is 380 Å². The van der Waals surface area contributed by atoms with Gasteiger partial charge < -0.3 is 14.2 Å². The number of unbranched alkanes of at least 4 members (excludes halogenated alkanes) is 17. The third-order valence-corrected chi connectivity index (χ3v) is 10.1. The van der Waals surface area contributed by atoms with Gasteiger partial charge in [-0.3, -0.25) is 14.4 Å². The summed E-state index contributed by atoms with van der Waals surface area (Å²) in [4.78, 5) is 37.7. The van der Waals surface area contributed by atoms with Crippen molar-refractivity contribution < 1.29 is 28.6 Å². The number of hydrogen-bond acceptors (Lipinski definition) is 6. The van der Waals surface area contributed by atoms with Crippen LogP contribution in [0.5, 0.6) is 0 Å². The van der Waals surface area contributed by atoms with E-state index < -0.39 is 18.0 Å². The van der Waals surface area contributed by atoms with Crippen molar-refractivity contribution in [3.05, 3.63) is 109 Å². The van der Waals surface area contributed by atoms with Gasteiger partial charge in [-0.1, -0.05) is 207 Å². The van der Waals surface area contributed by atoms with Crippen molar-refractivity contribution >= 4 is 17.9 Å². The summed E-state index contributed by atoms with van der Waals surface area (Å²) >= 11 is 0. The van der Waals surface area contributed by atoms with Crippen molar-refractivity contribution in [1.82, 2.24) is 0 Å². The molecule has 0 fully saturated rings. The third-order valence-electron chi connectivity index (χ3n) is 10.1. The molecular formula is C56H90O6. The SMILES string of the molecule is CC/C=C\C/C=C\C/C=C\CC(=O)OCC(COC(=O)CCCCCCC\C=C/C=C\C=C/CCCCCCC)OC(=O)CCC/C=C\C/C=C\C/C=C\CCCCCCCC. The van der Waals surface area contributed by atoms with Gasteiger partial charge in [0.05, 0.1) is 6.42 Å². The van der Waals surface area contributed by atoms with Crippen LogP contribution < -0.4 is 0 Å². The van der Waals surface area contributed by atoms with Gasteiger partial charge in [0.15, 0.2) is 6.10 Å². The lowest BCUT2D eigenvalue weighted by Crippen LogP contribution is -2.30. The maximum atomic E-state index is 12.7. The first-order valence-electron chi connectivity index (χ1n) is 24.9. The van der Waals surface area contributed by atoms with Gasteiger partial charge in [-0.05, 0) is 89.9 Å². The molecule has 0 N–H and O–H groups in total. The third kappa shape index (κ3) is 47.1. The van der Waals surface area contributed by atoms with Gasteiger partial charge in [0.1, 0.15) is 13.2 Å². The highest BCUT2D eigenvalue weighted by Crippen LogP contribution is 2.11. The average Bonchev–Trinajstić information content (AvgIpc) is 3.27. The second-order valence-corrected chi connectivity index (χ2v) is 16.1. The van der Waals surface area contributed by atoms with Crippen LogP contribution in [-0.4, -0.2) is 37.2 Å². The molecule has 0 amide bonds. The van der Waals surface area contributed by atoms with Gasteiger partial charge in [-0.15, -0.1) is 0 Å². The fourth-order valence-corrected chi connectivity index (χ4v) is 6.34. The van der Waals surface area contributed by atoms with E-state index in [0.717, 1.165) is 83.5 Å². The largest absolute Gasteiger partial charge is 0.462 e. The summed E-state index contributed by atoms with van der Waals surface area (Å²) in [6.45, 7) is 6.32. The molecule has 0 aromatic rings. The van der Waals surface area contributed by atoms with Crippen molar-refractivity contribution in [3.63, 3.8) is 0 Å². The molecular weight excluding hydrogens is 769 g/mol. The Morgan fingerprint density at radius 2 is 0.774 bits per heavy atom. The maximum Gasteiger partial charge on any atom is 0.309 e. The highest BCUT2D eigenvalue weighted by atomic mass is 16.6. The van der Waals surface area contributed by atoms with Gasteiger partial charge in [0, 0.05) is 12.8 Å². The second kappa shape index (κ2) is 49.7. The molecule has 0 heterocycles. The molecule has 0 aliphatic rings. The van der Waals surface area contributed by atoms with Crippen molar-refractivity contribution in [1.29, 1.82) is 0 Å². The lowest BCUT2D eigenvalue weighted by molar-refractivity contribution is -0.166. The molecule has 0 radical (unpaired) electrons. The Hall–Kier alpha value is -3.93. The number of allylic oxidation sites excluding steroid dienone is 17. The first kappa shape index (κ1) is 58.1. The fraction of sp³-hybridized carbons (Fsp3) is 0.625. The summed E-state index contributed by atoms with van der Waals surface area (Å²) in [6.07, 6.45) is 66.9. The van der Waals surface area contributed by atoms with Crippen molar-refractivity contribution in [2.75, 3.05) is 13.2 Å². The van der Waals surface area contributed by atoms with E-state index in [1.54, 1.807) is 6.08 Å². The van der Waals surface area contributed by atoms with Gasteiger partial charge in [0.2, 0.25) is 0 Å². The maximum absolute atomic E-state index is 12.7. The highest BCUT2D eigenvalue weighted by molar-refractivity contribution is 5.72. The van der Waals surface area contributed by atoms with E-state index in [0.29, 0.717) is 12.8 Å². The molecule has 0 aromatic heterocycles. The summed E-state index contributed by atoms with van der Waals surface area (Å²) < 4.78 is 16.6. The molecule has 0 spiro atoms. The van der Waals surface area contributed by atoms with Crippen LogP contribution >= 0.6 is 0 Å². The molecule has 0 saturated carbocycles. The summed E-state index contributed by atoms with van der Waals surface area (Å²) in [5.74, 6) is -1.15. The molecule has 0 aliphatic heterocycles. The fourth-order valence-electron chi connectivity index (χ4n) is 6.34. The van der Waals surface area contributed by atoms with E-state index in [-0.39, 0.29) is 32.0 Å². The Morgan fingerprint density at radius 1 is 0.371 bits per heavy atom. The highest BCUT2D eigenvalue weighted by Gasteiger charge is 2.19. The zero-order valence-corrected chi connectivity index (χ0v) is 39.8. The molecule has 0 aromatic carbocycles. The molecule has 0 rings (SSSR count). The topological polar surface area (TPSA) is 78.9 Å². The van der Waals surface area contributed by atoms with E-state index in [1.165, 1.54) is 77.0 Å². The molecule has 0 aliphatic carbocycles. The molecule has 1 atom stereocenters. The number of rotatable bonds is 43. The van der Waals surface area contributed by atoms with E-state index in [9.17, 15) is 14.4 Å². The molecule has 0 saturated heterocycles. The van der Waals surface area contributed by atoms with Crippen LogP contribution in [0.2, 0.25) is 0 Å². The quantitative estimate of drug-likeness (QED) is 0.0200. The van der Waals surface area contributed by atoms with Gasteiger partial charge in [0.25, 0.3) is 0 Å². The zero-order chi connectivity index (χ0) is 45.1. The van der Waals surface area contributed by atoms with Gasteiger partial charge in [-0.2, -0.15) is 0 Å². The van der Waals surface area contributed by atoms with Crippen LogP contribution in [0.25, 0.3) is 0 Å². The lowest BCUT2D eigenvalue weighted by Gasteiger charge is -2.18. The van der Waals surface area contributed by atoms with Gasteiger partial charge in [-0.25, -0.2) is 0 Å². The monoisotopic (exact) mass is 859 g/mol. The minimum Gasteiger partial charge on any atom is -0.462 e. The summed E-state index contributed by atoms with van der Waals surface area (Å²) in [5, 5.41) is 0. The Balaban J connectivity index is 4.52. The number of hydrogen-bond donors (Lipinski definition) is 0. The standard InChI is InChI=1S/C56H90O6/c1-4-7-10-13-16-19-21-23-25-27-29-30-32-34-37-40-43-46-49-55(58)61-52-53(51-60-54(57)48-45-42-39-36-18-15-12-9-6-3)62-56(59)50-47-44-41-38-35-33-31-28-26-24-22-20-17-14-11-8-5-2/h9,12,18,21,23-27,29-31,33,36,38,41-42,45,53H,4-8,10-11,13-17,19-20,22,28,32,34-35,37,39-40,43-44,46-52H2,1-3H3/b12-9-,23-21-,26-24-,27-25-,30-29-,33-31-,36-18-,41-38-,45-42-. The Bertz CT molecular complexity index is 1310. The number of esters is 3. The lowest BCUT2D eigenvalue weighted by atomic mass is 10.1. The number of carbonyl (C=O) groups excluding carboxylic acids is 3. The molecule has 6 nitrogen and oxygen atoms in total. The summed E-state index contributed by atoms with van der Waals surface area (Å²) in [7, 11) is 0.